The summed E-state index contributed by atoms with van der Waals surface area (Å²) < 4.78 is 40.8. The molecule has 1 atom stereocenters. The zero-order valence-corrected chi connectivity index (χ0v) is 13.4. The number of nitrogens with one attached hydrogen (secondary N) is 1. The van der Waals surface area contributed by atoms with Crippen molar-refractivity contribution in [1.29, 1.82) is 0 Å². The lowest BCUT2D eigenvalue weighted by atomic mass is 9.96. The third-order valence-corrected chi connectivity index (χ3v) is 4.30. The van der Waals surface area contributed by atoms with Crippen molar-refractivity contribution in [2.45, 2.75) is 38.4 Å². The van der Waals surface area contributed by atoms with Crippen molar-refractivity contribution in [2.24, 2.45) is 0 Å². The molecule has 0 saturated carbocycles. The minimum Gasteiger partial charge on any atom is -0.288 e. The van der Waals surface area contributed by atoms with Crippen LogP contribution in [0.4, 0.5) is 13.2 Å². The molecule has 0 bridgehead atoms. The number of rotatable bonds is 4. The zero-order chi connectivity index (χ0) is 17.3. The summed E-state index contributed by atoms with van der Waals surface area (Å²) >= 11 is 0. The van der Waals surface area contributed by atoms with Crippen molar-refractivity contribution in [1.82, 2.24) is 10.4 Å². The average molecular weight is 336 g/mol. The summed E-state index contributed by atoms with van der Waals surface area (Å²) in [6, 6.07) is 8.73. The molecule has 1 N–H and O–H groups in total. The summed E-state index contributed by atoms with van der Waals surface area (Å²) in [5.74, 6) is -0.379. The van der Waals surface area contributed by atoms with Crippen LogP contribution in [0.25, 0.3) is 10.8 Å². The van der Waals surface area contributed by atoms with E-state index < -0.39 is 12.2 Å². The Balaban J connectivity index is 2.03. The number of halogens is 3. The van der Waals surface area contributed by atoms with E-state index in [2.05, 4.69) is 12.3 Å². The molecule has 128 valence electrons. The minimum absolute atomic E-state index is 0.0525. The molecular formula is C18H19F3N2O. The fourth-order valence-corrected chi connectivity index (χ4v) is 3.26. The van der Waals surface area contributed by atoms with Gasteiger partial charge in [-0.05, 0) is 34.4 Å². The van der Waals surface area contributed by atoms with Crippen molar-refractivity contribution >= 4 is 16.7 Å². The standard InChI is InChI=1S/C18H19F3N2O/c1-2-4-12-5-3-6-13-11-14(7-8-15(12)13)17(18(19,20)21)23-10-9-16(24)22-23/h3,5-8,11,17H,2,4,9-10H2,1H3,(H,22,24). The number of hydrazine groups is 1. The number of fused-ring (bicyclic) bond motifs is 1. The molecule has 0 aliphatic carbocycles. The first kappa shape index (κ1) is 16.8. The van der Waals surface area contributed by atoms with Gasteiger partial charge in [0.2, 0.25) is 5.91 Å². The molecule has 3 nitrogen and oxygen atoms in total. The van der Waals surface area contributed by atoms with Gasteiger partial charge in [0.1, 0.15) is 6.04 Å². The van der Waals surface area contributed by atoms with Gasteiger partial charge in [-0.25, -0.2) is 5.01 Å². The van der Waals surface area contributed by atoms with Gasteiger partial charge in [0.05, 0.1) is 0 Å². The molecular weight excluding hydrogens is 317 g/mol. The van der Waals surface area contributed by atoms with Crippen molar-refractivity contribution in [3.63, 3.8) is 0 Å². The van der Waals surface area contributed by atoms with E-state index in [1.165, 1.54) is 6.07 Å². The number of carbonyl (C=O) groups is 1. The fourth-order valence-electron chi connectivity index (χ4n) is 3.26. The van der Waals surface area contributed by atoms with Crippen molar-refractivity contribution in [3.05, 3.63) is 47.5 Å². The number of amides is 1. The molecule has 0 radical (unpaired) electrons. The van der Waals surface area contributed by atoms with Crippen molar-refractivity contribution in [2.75, 3.05) is 6.54 Å². The van der Waals surface area contributed by atoms with Crippen LogP contribution in [0, 0.1) is 0 Å². The summed E-state index contributed by atoms with van der Waals surface area (Å²) in [6.45, 7) is 2.12. The molecule has 0 spiro atoms. The van der Waals surface area contributed by atoms with Crippen LogP contribution in [-0.2, 0) is 11.2 Å². The molecule has 1 saturated heterocycles. The summed E-state index contributed by atoms with van der Waals surface area (Å²) in [6.07, 6.45) is -2.51. The van der Waals surface area contributed by atoms with E-state index in [0.29, 0.717) is 0 Å². The van der Waals surface area contributed by atoms with Gasteiger partial charge >= 0.3 is 6.18 Å². The van der Waals surface area contributed by atoms with Crippen molar-refractivity contribution < 1.29 is 18.0 Å². The van der Waals surface area contributed by atoms with Gasteiger partial charge in [-0.1, -0.05) is 43.7 Å². The van der Waals surface area contributed by atoms with E-state index in [9.17, 15) is 18.0 Å². The molecule has 2 aromatic rings. The van der Waals surface area contributed by atoms with E-state index in [-0.39, 0.29) is 24.4 Å². The molecule has 3 rings (SSSR count). The van der Waals surface area contributed by atoms with E-state index in [0.717, 1.165) is 34.2 Å². The summed E-state index contributed by atoms with van der Waals surface area (Å²) in [5, 5.41) is 2.76. The largest absolute Gasteiger partial charge is 0.409 e. The normalized spacial score (nSPS) is 17.2. The third kappa shape index (κ3) is 3.24. The Morgan fingerprint density at radius 2 is 2.04 bits per heavy atom. The molecule has 0 aromatic heterocycles. The summed E-state index contributed by atoms with van der Waals surface area (Å²) in [5.41, 5.74) is 3.60. The van der Waals surface area contributed by atoms with Gasteiger partial charge in [-0.2, -0.15) is 13.2 Å². The highest BCUT2D eigenvalue weighted by Gasteiger charge is 2.46. The molecule has 24 heavy (non-hydrogen) atoms. The van der Waals surface area contributed by atoms with Crippen molar-refractivity contribution in [3.8, 4) is 0 Å². The van der Waals surface area contributed by atoms with Crippen LogP contribution in [0.5, 0.6) is 0 Å². The predicted molar refractivity (Wildman–Crippen MR) is 86.2 cm³/mol. The number of hydrogen-bond donors (Lipinski definition) is 1. The average Bonchev–Trinajstić information content (AvgIpc) is 2.92. The van der Waals surface area contributed by atoms with Crippen LogP contribution in [0.3, 0.4) is 0 Å². The Labute approximate surface area is 138 Å². The zero-order valence-electron chi connectivity index (χ0n) is 13.4. The molecule has 1 unspecified atom stereocenters. The van der Waals surface area contributed by atoms with Crippen LogP contribution in [-0.4, -0.2) is 23.6 Å². The monoisotopic (exact) mass is 336 g/mol. The highest BCUT2D eigenvalue weighted by Crippen LogP contribution is 2.39. The maximum atomic E-state index is 13.6. The maximum Gasteiger partial charge on any atom is 0.409 e. The maximum absolute atomic E-state index is 13.6. The SMILES string of the molecule is CCCc1cccc2cc(C(N3CCC(=O)N3)C(F)(F)F)ccc12. The van der Waals surface area contributed by atoms with Crippen LogP contribution in [0.15, 0.2) is 36.4 Å². The van der Waals surface area contributed by atoms with Gasteiger partial charge < -0.3 is 0 Å². The minimum atomic E-state index is -4.47. The van der Waals surface area contributed by atoms with Gasteiger partial charge in [-0.15, -0.1) is 0 Å². The summed E-state index contributed by atoms with van der Waals surface area (Å²) in [4.78, 5) is 11.3. The number of carbonyl (C=O) groups excluding carboxylic acids is 1. The Morgan fingerprint density at radius 1 is 1.25 bits per heavy atom. The van der Waals surface area contributed by atoms with Crippen LogP contribution >= 0.6 is 0 Å². The second kappa shape index (κ2) is 6.43. The Hall–Kier alpha value is -2.08. The van der Waals surface area contributed by atoms with Gasteiger partial charge in [0.25, 0.3) is 0 Å². The second-order valence-electron chi connectivity index (χ2n) is 6.07. The molecule has 6 heteroatoms. The molecule has 1 fully saturated rings. The van der Waals surface area contributed by atoms with E-state index >= 15 is 0 Å². The van der Waals surface area contributed by atoms with E-state index in [1.807, 2.05) is 18.2 Å². The van der Waals surface area contributed by atoms with Gasteiger partial charge in [0.15, 0.2) is 0 Å². The predicted octanol–water partition coefficient (Wildman–Crippen LogP) is 4.13. The Bertz CT molecular complexity index is 758. The molecule has 1 aliphatic rings. The number of nitrogens with zero attached hydrogens (tertiary/aromatic N) is 1. The van der Waals surface area contributed by atoms with Crippen LogP contribution in [0.1, 0.15) is 36.9 Å². The van der Waals surface area contributed by atoms with Gasteiger partial charge in [-0.3, -0.25) is 10.2 Å². The highest BCUT2D eigenvalue weighted by atomic mass is 19.4. The lowest BCUT2D eigenvalue weighted by Crippen LogP contribution is -2.43. The fraction of sp³-hybridized carbons (Fsp3) is 0.389. The Kier molecular flexibility index (Phi) is 4.49. The Morgan fingerprint density at radius 3 is 2.67 bits per heavy atom. The van der Waals surface area contributed by atoms with E-state index in [4.69, 9.17) is 0 Å². The number of alkyl halides is 3. The first-order valence-electron chi connectivity index (χ1n) is 8.04. The lowest BCUT2D eigenvalue weighted by molar-refractivity contribution is -0.191. The third-order valence-electron chi connectivity index (χ3n) is 4.30. The highest BCUT2D eigenvalue weighted by molar-refractivity contribution is 5.86. The van der Waals surface area contributed by atoms with Crippen LogP contribution in [0.2, 0.25) is 0 Å². The topological polar surface area (TPSA) is 32.3 Å². The lowest BCUT2D eigenvalue weighted by Gasteiger charge is -2.29. The van der Waals surface area contributed by atoms with E-state index in [1.54, 1.807) is 12.1 Å². The number of aryl methyl sites for hydroxylation is 1. The molecule has 1 heterocycles. The number of hydrogen-bond acceptors (Lipinski definition) is 2. The first-order valence-corrected chi connectivity index (χ1v) is 8.04. The first-order chi connectivity index (χ1) is 11.4. The van der Waals surface area contributed by atoms with Gasteiger partial charge in [0, 0.05) is 13.0 Å². The van der Waals surface area contributed by atoms with Crippen LogP contribution < -0.4 is 5.43 Å². The number of benzene rings is 2. The second-order valence-corrected chi connectivity index (χ2v) is 6.07. The summed E-state index contributed by atoms with van der Waals surface area (Å²) in [7, 11) is 0. The molecule has 1 aliphatic heterocycles. The quantitative estimate of drug-likeness (QED) is 0.910. The molecule has 2 aromatic carbocycles. The molecule has 1 amide bonds. The smallest absolute Gasteiger partial charge is 0.288 e.